The largest absolute Gasteiger partial charge is 0.391 e. The molecular weight excluding hydrogens is 430 g/mol. The zero-order valence-electron chi connectivity index (χ0n) is 15.3. The van der Waals surface area contributed by atoms with Gasteiger partial charge in [0.1, 0.15) is 42.0 Å². The monoisotopic (exact) mass is 454 g/mol. The minimum absolute atomic E-state index is 0. The standard InChI is InChI=1S/C17H24NO9S.ClH/c19-5-14-15(23)12(21)7-28(14)8-13(22)16-11(20)6-26-17(27-16)9-2-1-3-10(4-9)18(24)25;/h1-4,11-17,19-23H,5-8H2;1H/q+1;/t11-,12-,13-,14-,15+,16+,17?,28?;/m1./s1. The number of nitro benzene ring substituents is 1. The van der Waals surface area contributed by atoms with E-state index < -0.39 is 57.9 Å². The molecule has 0 saturated carbocycles. The van der Waals surface area contributed by atoms with E-state index >= 15 is 0 Å². The fourth-order valence-electron chi connectivity index (χ4n) is 3.47. The van der Waals surface area contributed by atoms with Crippen LogP contribution in [0.3, 0.4) is 0 Å². The number of rotatable bonds is 6. The number of aliphatic hydroxyl groups is 5. The van der Waals surface area contributed by atoms with Gasteiger partial charge in [0.05, 0.1) is 18.1 Å². The number of non-ortho nitro benzene ring substituents is 1. The van der Waals surface area contributed by atoms with Crippen molar-refractivity contribution < 1.29 is 39.9 Å². The van der Waals surface area contributed by atoms with E-state index in [0.717, 1.165) is 0 Å². The molecule has 0 bridgehead atoms. The van der Waals surface area contributed by atoms with Crippen LogP contribution in [0.2, 0.25) is 0 Å². The maximum atomic E-state index is 10.9. The normalized spacial score (nSPS) is 35.7. The van der Waals surface area contributed by atoms with Crippen molar-refractivity contribution in [2.24, 2.45) is 0 Å². The van der Waals surface area contributed by atoms with Crippen LogP contribution in [0.15, 0.2) is 24.3 Å². The second-order valence-electron chi connectivity index (χ2n) is 6.90. The van der Waals surface area contributed by atoms with Crippen LogP contribution in [-0.4, -0.2) is 90.9 Å². The van der Waals surface area contributed by atoms with Gasteiger partial charge in [-0.1, -0.05) is 12.1 Å². The molecule has 0 aromatic heterocycles. The molecule has 8 atom stereocenters. The minimum atomic E-state index is -1.13. The molecule has 12 heteroatoms. The van der Waals surface area contributed by atoms with Gasteiger partial charge in [-0.3, -0.25) is 10.1 Å². The summed E-state index contributed by atoms with van der Waals surface area (Å²) in [4.78, 5) is 10.4. The van der Waals surface area contributed by atoms with Crippen molar-refractivity contribution in [2.45, 2.75) is 42.1 Å². The van der Waals surface area contributed by atoms with E-state index in [1.807, 2.05) is 0 Å². The summed E-state index contributed by atoms with van der Waals surface area (Å²) < 4.78 is 11.1. The van der Waals surface area contributed by atoms with Crippen LogP contribution in [0, 0.1) is 10.1 Å². The van der Waals surface area contributed by atoms with E-state index in [9.17, 15) is 35.6 Å². The molecule has 2 aliphatic heterocycles. The van der Waals surface area contributed by atoms with Crippen LogP contribution in [0.5, 0.6) is 0 Å². The summed E-state index contributed by atoms with van der Waals surface area (Å²) in [7, 11) is -0.659. The summed E-state index contributed by atoms with van der Waals surface area (Å²) in [6.45, 7) is -0.445. The summed E-state index contributed by atoms with van der Waals surface area (Å²) in [5, 5.41) is 60.4. The molecule has 0 spiro atoms. The maximum Gasteiger partial charge on any atom is 0.269 e. The first-order chi connectivity index (χ1) is 13.3. The van der Waals surface area contributed by atoms with Gasteiger partial charge in [-0.25, -0.2) is 0 Å². The average Bonchev–Trinajstić information content (AvgIpc) is 2.94. The van der Waals surface area contributed by atoms with Gasteiger partial charge in [0.25, 0.3) is 5.69 Å². The Kier molecular flexibility index (Phi) is 8.64. The van der Waals surface area contributed by atoms with Gasteiger partial charge < -0.3 is 35.0 Å². The Labute approximate surface area is 176 Å². The summed E-state index contributed by atoms with van der Waals surface area (Å²) in [6.07, 6.45) is -6.27. The first kappa shape index (κ1) is 24.3. The number of aliphatic hydroxyl groups excluding tert-OH is 5. The Bertz CT molecular complexity index is 699. The third-order valence-corrected chi connectivity index (χ3v) is 7.79. The van der Waals surface area contributed by atoms with Crippen molar-refractivity contribution in [1.29, 1.82) is 0 Å². The molecule has 2 saturated heterocycles. The summed E-state index contributed by atoms with van der Waals surface area (Å²) in [5.74, 6) is 0.375. The topological polar surface area (TPSA) is 163 Å². The molecule has 5 N–H and O–H groups in total. The smallest absolute Gasteiger partial charge is 0.269 e. The molecule has 0 radical (unpaired) electrons. The molecule has 29 heavy (non-hydrogen) atoms. The van der Waals surface area contributed by atoms with Crippen molar-refractivity contribution in [3.63, 3.8) is 0 Å². The molecular formula is C17H25ClNO9S+. The lowest BCUT2D eigenvalue weighted by atomic mass is 10.1. The third-order valence-electron chi connectivity index (χ3n) is 4.96. The van der Waals surface area contributed by atoms with Crippen LogP contribution in [0.4, 0.5) is 5.69 Å². The maximum absolute atomic E-state index is 10.9. The van der Waals surface area contributed by atoms with Gasteiger partial charge in [0.15, 0.2) is 11.5 Å². The first-order valence-electron chi connectivity index (χ1n) is 8.82. The predicted octanol–water partition coefficient (Wildman–Crippen LogP) is -1.13. The van der Waals surface area contributed by atoms with Crippen LogP contribution in [0.1, 0.15) is 11.9 Å². The van der Waals surface area contributed by atoms with E-state index in [0.29, 0.717) is 5.56 Å². The van der Waals surface area contributed by atoms with Crippen LogP contribution in [-0.2, 0) is 20.4 Å². The molecule has 2 unspecified atom stereocenters. The van der Waals surface area contributed by atoms with Crippen molar-refractivity contribution in [1.82, 2.24) is 0 Å². The fourth-order valence-corrected chi connectivity index (χ4v) is 6.15. The van der Waals surface area contributed by atoms with Gasteiger partial charge in [0.2, 0.25) is 0 Å². The predicted molar refractivity (Wildman–Crippen MR) is 106 cm³/mol. The SMILES string of the molecule is Cl.O=[N+]([O-])c1cccc(C2OC[C@@H](O)[C@@H]([C@H](O)C[S+]3C[C@@H](O)[C@H](O)[C@H]3CO)O2)c1. The summed E-state index contributed by atoms with van der Waals surface area (Å²) in [5.41, 5.74) is 0.259. The van der Waals surface area contributed by atoms with Crippen molar-refractivity contribution in [2.75, 3.05) is 24.7 Å². The molecule has 2 heterocycles. The Hall–Kier alpha value is -1.02. The van der Waals surface area contributed by atoms with E-state index in [1.54, 1.807) is 6.07 Å². The van der Waals surface area contributed by atoms with Gasteiger partial charge in [-0.05, 0) is 0 Å². The van der Waals surface area contributed by atoms with E-state index in [2.05, 4.69) is 0 Å². The second kappa shape index (κ2) is 10.3. The van der Waals surface area contributed by atoms with Gasteiger partial charge in [-0.15, -0.1) is 12.4 Å². The van der Waals surface area contributed by atoms with Crippen LogP contribution < -0.4 is 0 Å². The van der Waals surface area contributed by atoms with Gasteiger partial charge in [-0.2, -0.15) is 0 Å². The lowest BCUT2D eigenvalue weighted by Crippen LogP contribution is -2.50. The van der Waals surface area contributed by atoms with E-state index in [4.69, 9.17) is 9.47 Å². The van der Waals surface area contributed by atoms with E-state index in [1.165, 1.54) is 18.2 Å². The van der Waals surface area contributed by atoms with Gasteiger partial charge >= 0.3 is 0 Å². The lowest BCUT2D eigenvalue weighted by Gasteiger charge is -2.36. The number of hydrogen-bond donors (Lipinski definition) is 5. The number of nitrogens with zero attached hydrogens (tertiary/aromatic N) is 1. The molecule has 164 valence electrons. The number of hydrogen-bond acceptors (Lipinski definition) is 9. The fraction of sp³-hybridized carbons (Fsp3) is 0.647. The Balaban J connectivity index is 0.00000300. The first-order valence-corrected chi connectivity index (χ1v) is 10.4. The average molecular weight is 455 g/mol. The highest BCUT2D eigenvalue weighted by Gasteiger charge is 2.51. The zero-order valence-corrected chi connectivity index (χ0v) is 16.9. The number of halogens is 1. The number of nitro groups is 1. The quantitative estimate of drug-likeness (QED) is 0.203. The molecule has 0 amide bonds. The highest BCUT2D eigenvalue weighted by molar-refractivity contribution is 7.97. The summed E-state index contributed by atoms with van der Waals surface area (Å²) >= 11 is 0. The molecule has 3 rings (SSSR count). The molecule has 2 aliphatic rings. The van der Waals surface area contributed by atoms with Crippen molar-refractivity contribution in [3.05, 3.63) is 39.9 Å². The van der Waals surface area contributed by atoms with Crippen molar-refractivity contribution in [3.8, 4) is 0 Å². The van der Waals surface area contributed by atoms with Gasteiger partial charge in [0, 0.05) is 28.6 Å². The summed E-state index contributed by atoms with van der Waals surface area (Å²) in [6, 6.07) is 5.72. The molecule has 1 aromatic carbocycles. The Morgan fingerprint density at radius 1 is 1.28 bits per heavy atom. The lowest BCUT2D eigenvalue weighted by molar-refractivity contribution is -0.385. The number of ether oxygens (including phenoxy) is 2. The number of benzene rings is 1. The molecule has 10 nitrogen and oxygen atoms in total. The molecule has 1 aromatic rings. The molecule has 2 fully saturated rings. The third kappa shape index (κ3) is 5.37. The second-order valence-corrected chi connectivity index (χ2v) is 9.25. The van der Waals surface area contributed by atoms with Crippen LogP contribution >= 0.6 is 12.4 Å². The Morgan fingerprint density at radius 3 is 2.66 bits per heavy atom. The van der Waals surface area contributed by atoms with E-state index in [-0.39, 0.29) is 42.8 Å². The highest BCUT2D eigenvalue weighted by Crippen LogP contribution is 2.31. The molecule has 0 aliphatic carbocycles. The zero-order chi connectivity index (χ0) is 20.4. The van der Waals surface area contributed by atoms with Crippen molar-refractivity contribution >= 4 is 29.0 Å². The van der Waals surface area contributed by atoms with Crippen LogP contribution in [0.25, 0.3) is 0 Å². The Morgan fingerprint density at radius 2 is 2.00 bits per heavy atom. The minimum Gasteiger partial charge on any atom is -0.391 e. The highest BCUT2D eigenvalue weighted by atomic mass is 35.5.